The second-order valence-corrected chi connectivity index (χ2v) is 5.37. The Morgan fingerprint density at radius 1 is 1.37 bits per heavy atom. The smallest absolute Gasteiger partial charge is 0.0756 e. The molecule has 0 fully saturated rings. The minimum atomic E-state index is 0.583. The number of ether oxygens (including phenoxy) is 1. The first kappa shape index (κ1) is 13.0. The highest BCUT2D eigenvalue weighted by Gasteiger charge is 2.20. The highest BCUT2D eigenvalue weighted by Crippen LogP contribution is 2.37. The van der Waals surface area contributed by atoms with Crippen molar-refractivity contribution in [1.82, 2.24) is 4.98 Å². The number of pyridine rings is 1. The Hall–Kier alpha value is -1.03. The maximum Gasteiger partial charge on any atom is 0.0756 e. The van der Waals surface area contributed by atoms with Gasteiger partial charge in [0.05, 0.1) is 35.1 Å². The summed E-state index contributed by atoms with van der Waals surface area (Å²) in [5, 5.41) is 5.55. The summed E-state index contributed by atoms with van der Waals surface area (Å²) in [7, 11) is 0. The Morgan fingerprint density at radius 3 is 3.00 bits per heavy atom. The molecule has 0 aliphatic carbocycles. The maximum atomic E-state index is 6.34. The van der Waals surface area contributed by atoms with Crippen molar-refractivity contribution in [2.45, 2.75) is 20.0 Å². The van der Waals surface area contributed by atoms with Crippen LogP contribution in [0.1, 0.15) is 18.2 Å². The van der Waals surface area contributed by atoms with Crippen molar-refractivity contribution in [1.29, 1.82) is 0 Å². The minimum Gasteiger partial charge on any atom is -0.384 e. The SMILES string of the molecule is CCNc1c2c(nc3cc(Cl)cc(Cl)c13)CCOC2. The lowest BCUT2D eigenvalue weighted by molar-refractivity contribution is 0.110. The molecule has 5 heteroatoms. The van der Waals surface area contributed by atoms with E-state index in [0.29, 0.717) is 23.3 Å². The maximum absolute atomic E-state index is 6.34. The zero-order chi connectivity index (χ0) is 13.4. The lowest BCUT2D eigenvalue weighted by Gasteiger charge is -2.22. The molecule has 1 aromatic heterocycles. The van der Waals surface area contributed by atoms with Crippen molar-refractivity contribution >= 4 is 39.8 Å². The van der Waals surface area contributed by atoms with Crippen LogP contribution in [0.5, 0.6) is 0 Å². The molecule has 0 amide bonds. The van der Waals surface area contributed by atoms with Gasteiger partial charge in [0.1, 0.15) is 0 Å². The summed E-state index contributed by atoms with van der Waals surface area (Å²) in [6.07, 6.45) is 0.827. The molecule has 19 heavy (non-hydrogen) atoms. The molecule has 3 rings (SSSR count). The molecule has 2 heterocycles. The first-order valence-electron chi connectivity index (χ1n) is 6.32. The van der Waals surface area contributed by atoms with Gasteiger partial charge in [0.25, 0.3) is 0 Å². The van der Waals surface area contributed by atoms with Gasteiger partial charge in [-0.25, -0.2) is 0 Å². The summed E-state index contributed by atoms with van der Waals surface area (Å²) in [5.74, 6) is 0. The zero-order valence-corrected chi connectivity index (χ0v) is 12.1. The van der Waals surface area contributed by atoms with E-state index in [2.05, 4.69) is 12.2 Å². The third-order valence-electron chi connectivity index (χ3n) is 3.27. The van der Waals surface area contributed by atoms with E-state index in [1.807, 2.05) is 6.07 Å². The number of anilines is 1. The number of hydrogen-bond donors (Lipinski definition) is 1. The van der Waals surface area contributed by atoms with Crippen LogP contribution in [-0.2, 0) is 17.8 Å². The predicted molar refractivity (Wildman–Crippen MR) is 79.3 cm³/mol. The van der Waals surface area contributed by atoms with Gasteiger partial charge in [-0.1, -0.05) is 23.2 Å². The van der Waals surface area contributed by atoms with Crippen LogP contribution in [0.4, 0.5) is 5.69 Å². The highest BCUT2D eigenvalue weighted by atomic mass is 35.5. The lowest BCUT2D eigenvalue weighted by Crippen LogP contribution is -2.15. The molecule has 0 bridgehead atoms. The molecular weight excluding hydrogens is 283 g/mol. The summed E-state index contributed by atoms with van der Waals surface area (Å²) < 4.78 is 5.55. The van der Waals surface area contributed by atoms with Crippen molar-refractivity contribution in [2.75, 3.05) is 18.5 Å². The van der Waals surface area contributed by atoms with E-state index in [4.69, 9.17) is 32.9 Å². The fourth-order valence-electron chi connectivity index (χ4n) is 2.48. The normalized spacial score (nSPS) is 14.5. The second kappa shape index (κ2) is 5.16. The number of rotatable bonds is 2. The quantitative estimate of drug-likeness (QED) is 0.908. The fourth-order valence-corrected chi connectivity index (χ4v) is 3.06. The van der Waals surface area contributed by atoms with Gasteiger partial charge < -0.3 is 10.1 Å². The number of benzene rings is 1. The minimum absolute atomic E-state index is 0.583. The zero-order valence-electron chi connectivity index (χ0n) is 10.6. The molecule has 0 unspecified atom stereocenters. The Bertz CT molecular complexity index is 643. The fraction of sp³-hybridized carbons (Fsp3) is 0.357. The molecule has 0 saturated carbocycles. The van der Waals surface area contributed by atoms with Gasteiger partial charge in [-0.2, -0.15) is 0 Å². The largest absolute Gasteiger partial charge is 0.384 e. The summed E-state index contributed by atoms with van der Waals surface area (Å²) in [6.45, 7) is 4.18. The summed E-state index contributed by atoms with van der Waals surface area (Å²) in [4.78, 5) is 4.69. The van der Waals surface area contributed by atoms with Gasteiger partial charge in [0, 0.05) is 28.9 Å². The van der Waals surface area contributed by atoms with E-state index in [-0.39, 0.29) is 0 Å². The van der Waals surface area contributed by atoms with Crippen molar-refractivity contribution in [2.24, 2.45) is 0 Å². The van der Waals surface area contributed by atoms with Crippen LogP contribution < -0.4 is 5.32 Å². The van der Waals surface area contributed by atoms with Gasteiger partial charge in [0.2, 0.25) is 0 Å². The third-order valence-corrected chi connectivity index (χ3v) is 3.79. The van der Waals surface area contributed by atoms with Crippen LogP contribution in [0.2, 0.25) is 10.0 Å². The van der Waals surface area contributed by atoms with Gasteiger partial charge in [-0.05, 0) is 19.1 Å². The standard InChI is InChI=1S/C14H14Cl2N2O/c1-2-17-14-9-7-19-4-3-11(9)18-12-6-8(15)5-10(16)13(12)14/h5-6H,2-4,7H2,1H3,(H,17,18). The van der Waals surface area contributed by atoms with E-state index >= 15 is 0 Å². The first-order chi connectivity index (χ1) is 9.20. The van der Waals surface area contributed by atoms with Crippen LogP contribution >= 0.6 is 23.2 Å². The number of fused-ring (bicyclic) bond motifs is 2. The molecule has 0 saturated heterocycles. The lowest BCUT2D eigenvalue weighted by atomic mass is 10.0. The predicted octanol–water partition coefficient (Wildman–Crippen LogP) is 4.05. The molecule has 100 valence electrons. The Kier molecular flexibility index (Phi) is 3.52. The average molecular weight is 297 g/mol. The Morgan fingerprint density at radius 2 is 2.21 bits per heavy atom. The topological polar surface area (TPSA) is 34.2 Å². The third kappa shape index (κ3) is 2.27. The molecule has 1 aliphatic heterocycles. The summed E-state index contributed by atoms with van der Waals surface area (Å²) in [5.41, 5.74) is 4.07. The second-order valence-electron chi connectivity index (χ2n) is 4.53. The van der Waals surface area contributed by atoms with E-state index in [1.54, 1.807) is 6.07 Å². The van der Waals surface area contributed by atoms with Crippen LogP contribution in [0.3, 0.4) is 0 Å². The van der Waals surface area contributed by atoms with Crippen molar-refractivity contribution in [3.63, 3.8) is 0 Å². The molecule has 0 atom stereocenters. The van der Waals surface area contributed by atoms with Gasteiger partial charge in [0.15, 0.2) is 0 Å². The van der Waals surface area contributed by atoms with Gasteiger partial charge in [-0.3, -0.25) is 4.98 Å². The van der Waals surface area contributed by atoms with Crippen LogP contribution in [-0.4, -0.2) is 18.1 Å². The number of nitrogens with zero attached hydrogens (tertiary/aromatic N) is 1. The molecule has 0 spiro atoms. The molecule has 1 N–H and O–H groups in total. The van der Waals surface area contributed by atoms with Crippen molar-refractivity contribution in [3.05, 3.63) is 33.4 Å². The molecule has 3 nitrogen and oxygen atoms in total. The monoisotopic (exact) mass is 296 g/mol. The van der Waals surface area contributed by atoms with E-state index in [0.717, 1.165) is 40.8 Å². The van der Waals surface area contributed by atoms with Crippen LogP contribution in [0.25, 0.3) is 10.9 Å². The van der Waals surface area contributed by atoms with Crippen molar-refractivity contribution < 1.29 is 4.74 Å². The van der Waals surface area contributed by atoms with Crippen LogP contribution in [0.15, 0.2) is 12.1 Å². The Labute approximate surface area is 121 Å². The number of nitrogens with one attached hydrogen (secondary N) is 1. The Balaban J connectivity index is 2.35. The highest BCUT2D eigenvalue weighted by molar-refractivity contribution is 6.39. The van der Waals surface area contributed by atoms with E-state index < -0.39 is 0 Å². The molecular formula is C14H14Cl2N2O. The first-order valence-corrected chi connectivity index (χ1v) is 7.08. The van der Waals surface area contributed by atoms with Gasteiger partial charge in [-0.15, -0.1) is 0 Å². The van der Waals surface area contributed by atoms with E-state index in [1.165, 1.54) is 0 Å². The number of hydrogen-bond acceptors (Lipinski definition) is 3. The molecule has 0 radical (unpaired) electrons. The van der Waals surface area contributed by atoms with Crippen molar-refractivity contribution in [3.8, 4) is 0 Å². The average Bonchev–Trinajstić information content (AvgIpc) is 2.38. The summed E-state index contributed by atoms with van der Waals surface area (Å²) in [6, 6.07) is 3.61. The molecule has 2 aromatic rings. The molecule has 1 aromatic carbocycles. The summed E-state index contributed by atoms with van der Waals surface area (Å²) >= 11 is 12.4. The van der Waals surface area contributed by atoms with Gasteiger partial charge >= 0.3 is 0 Å². The number of halogens is 2. The van der Waals surface area contributed by atoms with Crippen LogP contribution in [0, 0.1) is 0 Å². The number of aromatic nitrogens is 1. The molecule has 1 aliphatic rings. The van der Waals surface area contributed by atoms with E-state index in [9.17, 15) is 0 Å².